The highest BCUT2D eigenvalue weighted by Gasteiger charge is 2.34. The van der Waals surface area contributed by atoms with Gasteiger partial charge in [0, 0.05) is 11.1 Å². The summed E-state index contributed by atoms with van der Waals surface area (Å²) < 4.78 is 25.2. The van der Waals surface area contributed by atoms with E-state index in [1.165, 1.54) is 30.3 Å². The quantitative estimate of drug-likeness (QED) is 0.634. The summed E-state index contributed by atoms with van der Waals surface area (Å²) in [5.74, 6) is -0.325. The van der Waals surface area contributed by atoms with Gasteiger partial charge in [-0.3, -0.25) is 4.79 Å². The molecule has 0 N–H and O–H groups in total. The summed E-state index contributed by atoms with van der Waals surface area (Å²) in [5, 5.41) is 8.88. The number of fused-ring (bicyclic) bond motifs is 2. The third-order valence-corrected chi connectivity index (χ3v) is 5.15. The zero-order chi connectivity index (χ0) is 14.5. The molecule has 4 nitrogen and oxygen atoms in total. The maximum absolute atomic E-state index is 12.6. The van der Waals surface area contributed by atoms with Crippen molar-refractivity contribution in [2.75, 3.05) is 0 Å². The molecule has 2 aromatic carbocycles. The Morgan fingerprint density at radius 2 is 1.60 bits per heavy atom. The van der Waals surface area contributed by atoms with Gasteiger partial charge in [-0.25, -0.2) is 8.42 Å². The fraction of sp³-hybridized carbons (Fsp3) is 0.0667. The number of carbonyl (C=O) groups is 1. The van der Waals surface area contributed by atoms with Crippen molar-refractivity contribution in [2.45, 2.75) is 16.7 Å². The maximum Gasteiger partial charge on any atom is 0.208 e. The van der Waals surface area contributed by atoms with Crippen LogP contribution in [0.4, 0.5) is 0 Å². The Bertz CT molecular complexity index is 905. The number of carbonyl (C=O) groups excluding carboxylic acids is 1. The zero-order valence-corrected chi connectivity index (χ0v) is 11.4. The molecule has 1 aliphatic heterocycles. The molecule has 2 aromatic rings. The van der Waals surface area contributed by atoms with Crippen molar-refractivity contribution < 1.29 is 13.2 Å². The van der Waals surface area contributed by atoms with Crippen LogP contribution in [0, 0.1) is 18.3 Å². The second-order valence-corrected chi connectivity index (χ2v) is 6.54. The van der Waals surface area contributed by atoms with Gasteiger partial charge in [0.05, 0.1) is 21.4 Å². The summed E-state index contributed by atoms with van der Waals surface area (Å²) in [7, 11) is -3.76. The van der Waals surface area contributed by atoms with Gasteiger partial charge in [0.1, 0.15) is 0 Å². The van der Waals surface area contributed by atoms with E-state index in [9.17, 15) is 13.2 Å². The molecule has 0 unspecified atom stereocenters. The summed E-state index contributed by atoms with van der Waals surface area (Å²) in [6.45, 7) is 1.77. The molecule has 0 amide bonds. The number of sulfone groups is 1. The highest BCUT2D eigenvalue weighted by atomic mass is 32.2. The number of hydrogen-bond donors (Lipinski definition) is 0. The van der Waals surface area contributed by atoms with E-state index < -0.39 is 9.84 Å². The molecule has 20 heavy (non-hydrogen) atoms. The second kappa shape index (κ2) is 4.02. The van der Waals surface area contributed by atoms with Crippen LogP contribution in [-0.4, -0.2) is 14.2 Å². The van der Waals surface area contributed by atoms with Crippen LogP contribution in [0.3, 0.4) is 0 Å². The number of aryl methyl sites for hydroxylation is 1. The lowest BCUT2D eigenvalue weighted by molar-refractivity contribution is 0.103. The van der Waals surface area contributed by atoms with Gasteiger partial charge in [-0.15, -0.1) is 0 Å². The number of nitriles is 1. The largest absolute Gasteiger partial charge is 0.289 e. The molecule has 0 aliphatic carbocycles. The van der Waals surface area contributed by atoms with E-state index in [1.807, 2.05) is 6.07 Å². The smallest absolute Gasteiger partial charge is 0.208 e. The average molecular weight is 283 g/mol. The average Bonchev–Trinajstić information content (AvgIpc) is 2.44. The molecule has 0 atom stereocenters. The Morgan fingerprint density at radius 3 is 2.25 bits per heavy atom. The van der Waals surface area contributed by atoms with E-state index in [1.54, 1.807) is 13.0 Å². The highest BCUT2D eigenvalue weighted by Crippen LogP contribution is 2.35. The molecule has 0 aromatic heterocycles. The minimum absolute atomic E-state index is 0.0186. The Balaban J connectivity index is 2.42. The van der Waals surface area contributed by atoms with Crippen LogP contribution < -0.4 is 0 Å². The number of rotatable bonds is 0. The first-order valence-corrected chi connectivity index (χ1v) is 7.38. The molecule has 0 radical (unpaired) electrons. The predicted molar refractivity (Wildman–Crippen MR) is 71.2 cm³/mol. The second-order valence-electron chi connectivity index (χ2n) is 4.65. The third kappa shape index (κ3) is 1.59. The van der Waals surface area contributed by atoms with Crippen molar-refractivity contribution in [3.63, 3.8) is 0 Å². The summed E-state index contributed by atoms with van der Waals surface area (Å²) in [6.07, 6.45) is 0. The predicted octanol–water partition coefficient (Wildman–Crippen LogP) is 2.24. The number of benzene rings is 2. The van der Waals surface area contributed by atoms with Gasteiger partial charge in [-0.1, -0.05) is 6.07 Å². The van der Waals surface area contributed by atoms with E-state index in [4.69, 9.17) is 5.26 Å². The van der Waals surface area contributed by atoms with Crippen LogP contribution in [0.5, 0.6) is 0 Å². The van der Waals surface area contributed by atoms with Crippen molar-refractivity contribution in [3.8, 4) is 6.07 Å². The molecule has 3 rings (SSSR count). The van der Waals surface area contributed by atoms with Gasteiger partial charge in [0.25, 0.3) is 0 Å². The molecular formula is C15H9NO3S. The fourth-order valence-electron chi connectivity index (χ4n) is 2.30. The van der Waals surface area contributed by atoms with E-state index in [2.05, 4.69) is 0 Å². The Kier molecular flexibility index (Phi) is 2.53. The Labute approximate surface area is 116 Å². The molecular weight excluding hydrogens is 274 g/mol. The summed E-state index contributed by atoms with van der Waals surface area (Å²) in [5.41, 5.74) is 1.30. The van der Waals surface area contributed by atoms with Crippen LogP contribution in [0.1, 0.15) is 27.0 Å². The van der Waals surface area contributed by atoms with Gasteiger partial charge in [0.2, 0.25) is 9.84 Å². The summed E-state index contributed by atoms with van der Waals surface area (Å²) >= 11 is 0. The zero-order valence-electron chi connectivity index (χ0n) is 10.5. The molecule has 0 saturated heterocycles. The number of hydrogen-bond acceptors (Lipinski definition) is 4. The van der Waals surface area contributed by atoms with Gasteiger partial charge < -0.3 is 0 Å². The summed E-state index contributed by atoms with van der Waals surface area (Å²) in [6, 6.07) is 10.7. The first-order chi connectivity index (χ1) is 9.45. The fourth-order valence-corrected chi connectivity index (χ4v) is 4.07. The van der Waals surface area contributed by atoms with E-state index in [-0.39, 0.29) is 32.3 Å². The third-order valence-electron chi connectivity index (χ3n) is 3.32. The van der Waals surface area contributed by atoms with Crippen LogP contribution in [0.2, 0.25) is 0 Å². The van der Waals surface area contributed by atoms with Crippen molar-refractivity contribution >= 4 is 15.6 Å². The SMILES string of the molecule is Cc1ccc2c(c1)S(=O)(=O)c1cc(C#N)ccc1C2=O. The molecule has 0 bridgehead atoms. The van der Waals surface area contributed by atoms with Crippen molar-refractivity contribution in [1.29, 1.82) is 5.26 Å². The molecule has 98 valence electrons. The van der Waals surface area contributed by atoms with E-state index in [0.29, 0.717) is 0 Å². The standard InChI is InChI=1S/C15H9NO3S/c1-9-2-4-11-13(6-9)20(18,19)14-7-10(8-16)3-5-12(14)15(11)17/h2-7H,1H3. The van der Waals surface area contributed by atoms with Gasteiger partial charge >= 0.3 is 0 Å². The lowest BCUT2D eigenvalue weighted by atomic mass is 10.0. The minimum atomic E-state index is -3.76. The maximum atomic E-state index is 12.6. The topological polar surface area (TPSA) is 75.0 Å². The Hall–Kier alpha value is -2.45. The van der Waals surface area contributed by atoms with Crippen molar-refractivity contribution in [3.05, 3.63) is 58.7 Å². The first-order valence-electron chi connectivity index (χ1n) is 5.90. The molecule has 5 heteroatoms. The molecule has 0 spiro atoms. The Morgan fingerprint density at radius 1 is 1.00 bits per heavy atom. The molecule has 1 heterocycles. The normalized spacial score (nSPS) is 15.1. The summed E-state index contributed by atoms with van der Waals surface area (Å²) in [4.78, 5) is 12.3. The van der Waals surface area contributed by atoms with Crippen molar-refractivity contribution in [2.24, 2.45) is 0 Å². The monoisotopic (exact) mass is 283 g/mol. The minimum Gasteiger partial charge on any atom is -0.289 e. The molecule has 1 aliphatic rings. The van der Waals surface area contributed by atoms with Gasteiger partial charge in [-0.05, 0) is 42.8 Å². The van der Waals surface area contributed by atoms with E-state index >= 15 is 0 Å². The highest BCUT2D eigenvalue weighted by molar-refractivity contribution is 7.91. The number of ketones is 1. The van der Waals surface area contributed by atoms with E-state index in [0.717, 1.165) is 5.56 Å². The van der Waals surface area contributed by atoms with Gasteiger partial charge in [-0.2, -0.15) is 5.26 Å². The first kappa shape index (κ1) is 12.6. The van der Waals surface area contributed by atoms with Crippen molar-refractivity contribution in [1.82, 2.24) is 0 Å². The van der Waals surface area contributed by atoms with Crippen LogP contribution in [0.15, 0.2) is 46.2 Å². The molecule has 0 saturated carbocycles. The van der Waals surface area contributed by atoms with Gasteiger partial charge in [0.15, 0.2) is 5.78 Å². The lowest BCUT2D eigenvalue weighted by Crippen LogP contribution is -2.20. The van der Waals surface area contributed by atoms with Crippen LogP contribution >= 0.6 is 0 Å². The lowest BCUT2D eigenvalue weighted by Gasteiger charge is -2.19. The van der Waals surface area contributed by atoms with Crippen LogP contribution in [0.25, 0.3) is 0 Å². The number of nitrogens with zero attached hydrogens (tertiary/aromatic N) is 1. The molecule has 0 fully saturated rings. The van der Waals surface area contributed by atoms with Crippen LogP contribution in [-0.2, 0) is 9.84 Å².